The third-order valence-corrected chi connectivity index (χ3v) is 3.72. The van der Waals surface area contributed by atoms with Crippen LogP contribution in [0, 0.1) is 0 Å². The van der Waals surface area contributed by atoms with E-state index in [2.05, 4.69) is 5.32 Å². The molecule has 4 nitrogen and oxygen atoms in total. The molecule has 0 saturated carbocycles. The van der Waals surface area contributed by atoms with Gasteiger partial charge in [0, 0.05) is 17.0 Å². The van der Waals surface area contributed by atoms with Gasteiger partial charge in [0.25, 0.3) is 0 Å². The van der Waals surface area contributed by atoms with E-state index in [4.69, 9.17) is 21.4 Å². The van der Waals surface area contributed by atoms with Crippen LogP contribution in [0.1, 0.15) is 5.56 Å². The number of hydrogen-bond acceptors (Lipinski definition) is 2. The molecule has 0 fully saturated rings. The van der Waals surface area contributed by atoms with Crippen molar-refractivity contribution in [2.75, 3.05) is 6.54 Å². The van der Waals surface area contributed by atoms with Crippen molar-refractivity contribution in [2.24, 2.45) is 0 Å². The van der Waals surface area contributed by atoms with Crippen LogP contribution in [0.15, 0.2) is 42.5 Å². The molecule has 1 unspecified atom stereocenters. The van der Waals surface area contributed by atoms with Gasteiger partial charge in [0.2, 0.25) is 0 Å². The highest BCUT2D eigenvalue weighted by atomic mass is 35.5. The summed E-state index contributed by atoms with van der Waals surface area (Å²) in [4.78, 5) is 10.6. The van der Waals surface area contributed by atoms with Gasteiger partial charge in [-0.05, 0) is 23.3 Å². The fourth-order valence-electron chi connectivity index (χ4n) is 2.51. The molecule has 21 heavy (non-hydrogen) atoms. The summed E-state index contributed by atoms with van der Waals surface area (Å²) in [6.45, 7) is 0.282. The van der Waals surface area contributed by atoms with E-state index in [0.29, 0.717) is 11.4 Å². The summed E-state index contributed by atoms with van der Waals surface area (Å²) in [5.74, 6) is 0.831. The Morgan fingerprint density at radius 1 is 1.29 bits per heavy atom. The van der Waals surface area contributed by atoms with Crippen LogP contribution in [0.4, 0.5) is 4.79 Å². The van der Waals surface area contributed by atoms with Crippen molar-refractivity contribution < 1.29 is 14.6 Å². The minimum Gasteiger partial charge on any atom is -0.487 e. The van der Waals surface area contributed by atoms with Crippen LogP contribution < -0.4 is 10.1 Å². The van der Waals surface area contributed by atoms with E-state index in [1.165, 1.54) is 0 Å². The number of rotatable bonds is 3. The van der Waals surface area contributed by atoms with Crippen molar-refractivity contribution in [1.82, 2.24) is 5.32 Å². The van der Waals surface area contributed by atoms with Gasteiger partial charge < -0.3 is 15.2 Å². The van der Waals surface area contributed by atoms with Gasteiger partial charge in [-0.1, -0.05) is 41.9 Å². The molecule has 1 aliphatic heterocycles. The first-order valence-corrected chi connectivity index (χ1v) is 7.02. The van der Waals surface area contributed by atoms with Gasteiger partial charge in [-0.3, -0.25) is 0 Å². The zero-order chi connectivity index (χ0) is 14.8. The van der Waals surface area contributed by atoms with Crippen molar-refractivity contribution in [1.29, 1.82) is 0 Å². The number of carboxylic acid groups (broad SMARTS) is 1. The Bertz CT molecular complexity index is 670. The van der Waals surface area contributed by atoms with E-state index in [0.717, 1.165) is 22.4 Å². The number of carbonyl (C=O) groups is 1. The van der Waals surface area contributed by atoms with Gasteiger partial charge >= 0.3 is 6.09 Å². The molecule has 108 valence electrons. The quantitative estimate of drug-likeness (QED) is 0.911. The number of hydrogen-bond donors (Lipinski definition) is 2. The van der Waals surface area contributed by atoms with E-state index in [-0.39, 0.29) is 12.6 Å². The molecule has 5 heteroatoms. The largest absolute Gasteiger partial charge is 0.487 e. The van der Waals surface area contributed by atoms with E-state index in [1.807, 2.05) is 42.5 Å². The molecule has 0 aliphatic carbocycles. The van der Waals surface area contributed by atoms with Crippen LogP contribution in [0.25, 0.3) is 11.1 Å². The van der Waals surface area contributed by atoms with Gasteiger partial charge in [0.15, 0.2) is 0 Å². The summed E-state index contributed by atoms with van der Waals surface area (Å²) in [6.07, 6.45) is -0.492. The van der Waals surface area contributed by atoms with E-state index >= 15 is 0 Å². The van der Waals surface area contributed by atoms with E-state index in [1.54, 1.807) is 0 Å². The average molecular weight is 304 g/mol. The second-order valence-electron chi connectivity index (χ2n) is 4.93. The maximum absolute atomic E-state index is 10.6. The maximum atomic E-state index is 10.6. The maximum Gasteiger partial charge on any atom is 0.404 e. The summed E-state index contributed by atoms with van der Waals surface area (Å²) in [5.41, 5.74) is 3.13. The molecular formula is C16H14ClNO3. The Kier molecular flexibility index (Phi) is 3.71. The normalized spacial score (nSPS) is 16.1. The smallest absolute Gasteiger partial charge is 0.404 e. The number of halogens is 1. The molecule has 0 radical (unpaired) electrons. The van der Waals surface area contributed by atoms with E-state index < -0.39 is 6.09 Å². The average Bonchev–Trinajstić information content (AvgIpc) is 2.89. The minimum absolute atomic E-state index is 0.162. The second-order valence-corrected chi connectivity index (χ2v) is 5.37. The summed E-state index contributed by atoms with van der Waals surface area (Å²) in [7, 11) is 0. The predicted octanol–water partition coefficient (Wildman–Crippen LogP) is 3.58. The van der Waals surface area contributed by atoms with Crippen LogP contribution >= 0.6 is 11.6 Å². The molecule has 1 aliphatic rings. The highest BCUT2D eigenvalue weighted by Crippen LogP contribution is 2.38. The van der Waals surface area contributed by atoms with Crippen LogP contribution in [0.5, 0.6) is 5.75 Å². The predicted molar refractivity (Wildman–Crippen MR) is 81.0 cm³/mol. The lowest BCUT2D eigenvalue weighted by Crippen LogP contribution is -2.33. The molecule has 2 aromatic rings. The number of fused-ring (bicyclic) bond motifs is 1. The van der Waals surface area contributed by atoms with Gasteiger partial charge in [0.1, 0.15) is 11.9 Å². The van der Waals surface area contributed by atoms with Gasteiger partial charge in [-0.15, -0.1) is 0 Å². The van der Waals surface area contributed by atoms with Gasteiger partial charge in [-0.25, -0.2) is 4.79 Å². The Morgan fingerprint density at radius 3 is 2.76 bits per heavy atom. The molecule has 1 heterocycles. The minimum atomic E-state index is -1.03. The molecule has 0 saturated heterocycles. The van der Waals surface area contributed by atoms with E-state index in [9.17, 15) is 4.79 Å². The molecule has 1 amide bonds. The van der Waals surface area contributed by atoms with Crippen molar-refractivity contribution in [3.05, 3.63) is 53.1 Å². The van der Waals surface area contributed by atoms with Crippen LogP contribution in [-0.4, -0.2) is 23.8 Å². The number of para-hydroxylation sites is 1. The molecule has 2 aromatic carbocycles. The lowest BCUT2D eigenvalue weighted by Gasteiger charge is -2.12. The first kappa shape index (κ1) is 13.8. The molecule has 0 bridgehead atoms. The number of amides is 1. The van der Waals surface area contributed by atoms with Crippen molar-refractivity contribution in [3.8, 4) is 16.9 Å². The standard InChI is InChI=1S/C16H14ClNO3/c17-12-6-4-10(5-7-12)14-3-1-2-11-8-13(21-15(11)14)9-18-16(19)20/h1-7,13,18H,8-9H2,(H,19,20). The van der Waals surface area contributed by atoms with Crippen LogP contribution in [0.3, 0.4) is 0 Å². The van der Waals surface area contributed by atoms with Crippen molar-refractivity contribution in [3.63, 3.8) is 0 Å². The van der Waals surface area contributed by atoms with Crippen LogP contribution in [-0.2, 0) is 6.42 Å². The van der Waals surface area contributed by atoms with Crippen LogP contribution in [0.2, 0.25) is 5.02 Å². The van der Waals surface area contributed by atoms with Gasteiger partial charge in [0.05, 0.1) is 6.54 Å². The Morgan fingerprint density at radius 2 is 2.05 bits per heavy atom. The second kappa shape index (κ2) is 5.66. The SMILES string of the molecule is O=C(O)NCC1Cc2cccc(-c3ccc(Cl)cc3)c2O1. The fourth-order valence-corrected chi connectivity index (χ4v) is 2.64. The first-order valence-electron chi connectivity index (χ1n) is 6.65. The van der Waals surface area contributed by atoms with Crippen molar-refractivity contribution >= 4 is 17.7 Å². The fraction of sp³-hybridized carbons (Fsp3) is 0.188. The molecule has 0 aromatic heterocycles. The first-order chi connectivity index (χ1) is 10.1. The Labute approximate surface area is 127 Å². The molecule has 2 N–H and O–H groups in total. The zero-order valence-electron chi connectivity index (χ0n) is 11.2. The number of nitrogens with one attached hydrogen (secondary N) is 1. The summed E-state index contributed by atoms with van der Waals surface area (Å²) in [6, 6.07) is 13.6. The highest BCUT2D eigenvalue weighted by molar-refractivity contribution is 6.30. The lowest BCUT2D eigenvalue weighted by molar-refractivity contribution is 0.181. The summed E-state index contributed by atoms with van der Waals surface area (Å²) in [5, 5.41) is 11.7. The van der Waals surface area contributed by atoms with Crippen molar-refractivity contribution in [2.45, 2.75) is 12.5 Å². The Balaban J connectivity index is 1.86. The molecule has 0 spiro atoms. The summed E-state index contributed by atoms with van der Waals surface area (Å²) < 4.78 is 5.91. The summed E-state index contributed by atoms with van der Waals surface area (Å²) >= 11 is 5.92. The number of ether oxygens (including phenoxy) is 1. The third-order valence-electron chi connectivity index (χ3n) is 3.46. The monoisotopic (exact) mass is 303 g/mol. The topological polar surface area (TPSA) is 58.6 Å². The van der Waals surface area contributed by atoms with Gasteiger partial charge in [-0.2, -0.15) is 0 Å². The number of benzene rings is 2. The Hall–Kier alpha value is -2.20. The molecule has 3 rings (SSSR count). The molecular weight excluding hydrogens is 290 g/mol. The third kappa shape index (κ3) is 2.95. The zero-order valence-corrected chi connectivity index (χ0v) is 11.9. The highest BCUT2D eigenvalue weighted by Gasteiger charge is 2.25. The molecule has 1 atom stereocenters. The lowest BCUT2D eigenvalue weighted by atomic mass is 10.0.